The summed E-state index contributed by atoms with van der Waals surface area (Å²) in [6.45, 7) is 4.54. The zero-order valence-electron chi connectivity index (χ0n) is 21.0. The van der Waals surface area contributed by atoms with Crippen molar-refractivity contribution < 1.29 is 18.8 Å². The van der Waals surface area contributed by atoms with E-state index in [1.165, 1.54) is 17.1 Å². The van der Waals surface area contributed by atoms with Crippen LogP contribution in [0, 0.1) is 11.7 Å². The largest absolute Gasteiger partial charge is 0.334 e. The zero-order valence-corrected chi connectivity index (χ0v) is 22.5. The van der Waals surface area contributed by atoms with Crippen molar-refractivity contribution in [3.8, 4) is 0 Å². The molecule has 37 heavy (non-hydrogen) atoms. The van der Waals surface area contributed by atoms with Crippen molar-refractivity contribution in [1.82, 2.24) is 25.1 Å². The molecule has 2 saturated heterocycles. The van der Waals surface area contributed by atoms with Crippen LogP contribution in [0.5, 0.6) is 0 Å². The Labute approximate surface area is 225 Å². The van der Waals surface area contributed by atoms with Gasteiger partial charge < -0.3 is 15.1 Å². The highest BCUT2D eigenvalue weighted by atomic mass is 35.5. The summed E-state index contributed by atoms with van der Waals surface area (Å²) >= 11 is 12.3. The van der Waals surface area contributed by atoms with E-state index in [0.717, 1.165) is 11.1 Å². The highest BCUT2D eigenvalue weighted by Gasteiger charge is 2.50. The standard InChI is InChI=1S/C26H30Cl2FN5O3/c1-16(2)10-22-25(36)32(13-18-6-9-20(27)21(28)11-18)14-23-33(22)24(35)15-31(3)34(23)26(37)30-12-17-4-7-19(29)8-5-17/h4-9,11,16,22-23H,10,12-15H2,1-3H3,(H,30,37)/t22-,23-/m0/s1. The van der Waals surface area contributed by atoms with Gasteiger partial charge in [-0.1, -0.05) is 55.2 Å². The molecule has 2 aromatic carbocycles. The van der Waals surface area contributed by atoms with Crippen molar-refractivity contribution in [3.05, 3.63) is 69.5 Å². The number of hydrogen-bond donors (Lipinski definition) is 1. The van der Waals surface area contributed by atoms with Crippen molar-refractivity contribution in [2.45, 2.75) is 45.6 Å². The third kappa shape index (κ3) is 6.00. The van der Waals surface area contributed by atoms with Crippen LogP contribution >= 0.6 is 23.2 Å². The minimum atomic E-state index is -0.699. The maximum absolute atomic E-state index is 13.6. The lowest BCUT2D eigenvalue weighted by Gasteiger charge is -2.54. The summed E-state index contributed by atoms with van der Waals surface area (Å²) < 4.78 is 13.3. The maximum Gasteiger partial charge on any atom is 0.334 e. The molecule has 4 rings (SSSR count). The molecule has 2 fully saturated rings. The molecule has 0 aliphatic carbocycles. The Balaban J connectivity index is 1.61. The summed E-state index contributed by atoms with van der Waals surface area (Å²) in [5.74, 6) is -0.582. The van der Waals surface area contributed by atoms with Gasteiger partial charge in [-0.25, -0.2) is 19.2 Å². The number of urea groups is 1. The molecule has 2 aliphatic heterocycles. The van der Waals surface area contributed by atoms with E-state index in [1.54, 1.807) is 52.2 Å². The predicted octanol–water partition coefficient (Wildman–Crippen LogP) is 4.12. The number of piperazine rings is 1. The number of carbonyl (C=O) groups is 3. The first kappa shape index (κ1) is 27.2. The van der Waals surface area contributed by atoms with E-state index in [-0.39, 0.29) is 49.7 Å². The predicted molar refractivity (Wildman–Crippen MR) is 139 cm³/mol. The van der Waals surface area contributed by atoms with Gasteiger partial charge in [0.2, 0.25) is 11.8 Å². The number of nitrogens with one attached hydrogen (secondary N) is 1. The first-order chi connectivity index (χ1) is 17.5. The summed E-state index contributed by atoms with van der Waals surface area (Å²) in [6, 6.07) is 9.95. The summed E-state index contributed by atoms with van der Waals surface area (Å²) in [5.41, 5.74) is 1.53. The van der Waals surface area contributed by atoms with E-state index in [0.29, 0.717) is 16.5 Å². The topological polar surface area (TPSA) is 76.2 Å². The number of hydrazine groups is 1. The number of carbonyl (C=O) groups excluding carboxylic acids is 3. The molecule has 11 heteroatoms. The Kier molecular flexibility index (Phi) is 8.26. The van der Waals surface area contributed by atoms with Gasteiger partial charge >= 0.3 is 6.03 Å². The van der Waals surface area contributed by atoms with Gasteiger partial charge in [-0.05, 0) is 47.7 Å². The van der Waals surface area contributed by atoms with E-state index in [9.17, 15) is 18.8 Å². The third-order valence-electron chi connectivity index (χ3n) is 6.56. The van der Waals surface area contributed by atoms with E-state index in [1.807, 2.05) is 13.8 Å². The second kappa shape index (κ2) is 11.2. The molecule has 2 aliphatic rings. The second-order valence-corrected chi connectivity index (χ2v) is 10.7. The molecule has 0 aromatic heterocycles. The van der Waals surface area contributed by atoms with Crippen molar-refractivity contribution in [1.29, 1.82) is 0 Å². The molecule has 0 unspecified atom stereocenters. The van der Waals surface area contributed by atoms with Crippen LogP contribution in [0.1, 0.15) is 31.4 Å². The lowest BCUT2D eigenvalue weighted by molar-refractivity contribution is -0.188. The molecule has 198 valence electrons. The van der Waals surface area contributed by atoms with Crippen LogP contribution in [0.3, 0.4) is 0 Å². The normalized spacial score (nSPS) is 20.5. The average Bonchev–Trinajstić information content (AvgIpc) is 2.83. The van der Waals surface area contributed by atoms with Gasteiger partial charge in [-0.2, -0.15) is 0 Å². The van der Waals surface area contributed by atoms with Crippen LogP contribution in [0.4, 0.5) is 9.18 Å². The lowest BCUT2D eigenvalue weighted by Crippen LogP contribution is -2.75. The minimum Gasteiger partial charge on any atom is -0.333 e. The lowest BCUT2D eigenvalue weighted by atomic mass is 9.96. The highest BCUT2D eigenvalue weighted by Crippen LogP contribution is 2.30. The van der Waals surface area contributed by atoms with Crippen LogP contribution in [0.15, 0.2) is 42.5 Å². The van der Waals surface area contributed by atoms with Crippen molar-refractivity contribution in [3.63, 3.8) is 0 Å². The fraction of sp³-hybridized carbons (Fsp3) is 0.423. The average molecular weight is 550 g/mol. The van der Waals surface area contributed by atoms with Gasteiger partial charge in [-0.3, -0.25) is 9.59 Å². The summed E-state index contributed by atoms with van der Waals surface area (Å²) in [4.78, 5) is 43.4. The Hall–Kier alpha value is -2.88. The molecule has 0 bridgehead atoms. The number of benzene rings is 2. The fourth-order valence-electron chi connectivity index (χ4n) is 4.84. The van der Waals surface area contributed by atoms with Gasteiger partial charge in [-0.15, -0.1) is 0 Å². The number of rotatable bonds is 6. The van der Waals surface area contributed by atoms with Crippen LogP contribution in [0.2, 0.25) is 10.0 Å². The van der Waals surface area contributed by atoms with Crippen LogP contribution in [-0.2, 0) is 22.7 Å². The number of fused-ring (bicyclic) bond motifs is 1. The number of likely N-dealkylation sites (N-methyl/N-ethyl adjacent to an activating group) is 1. The van der Waals surface area contributed by atoms with Gasteiger partial charge in [0.05, 0.1) is 23.1 Å². The molecule has 1 N–H and O–H groups in total. The van der Waals surface area contributed by atoms with Crippen LogP contribution in [0.25, 0.3) is 0 Å². The number of amides is 4. The van der Waals surface area contributed by atoms with Crippen molar-refractivity contribution in [2.24, 2.45) is 5.92 Å². The number of hydrogen-bond acceptors (Lipinski definition) is 4. The first-order valence-electron chi connectivity index (χ1n) is 12.1. The summed E-state index contributed by atoms with van der Waals surface area (Å²) in [6.07, 6.45) is -0.225. The molecule has 0 saturated carbocycles. The van der Waals surface area contributed by atoms with Crippen molar-refractivity contribution in [2.75, 3.05) is 20.1 Å². The molecule has 8 nitrogen and oxygen atoms in total. The maximum atomic E-state index is 13.6. The molecular weight excluding hydrogens is 520 g/mol. The molecule has 4 amide bonds. The van der Waals surface area contributed by atoms with E-state index >= 15 is 0 Å². The number of nitrogens with zero attached hydrogens (tertiary/aromatic N) is 4. The summed E-state index contributed by atoms with van der Waals surface area (Å²) in [5, 5.41) is 6.73. The molecule has 2 heterocycles. The van der Waals surface area contributed by atoms with Crippen LogP contribution in [-0.4, -0.2) is 70.0 Å². The molecule has 2 atom stereocenters. The van der Waals surface area contributed by atoms with E-state index < -0.39 is 18.2 Å². The molecular formula is C26H30Cl2FN5O3. The van der Waals surface area contributed by atoms with Crippen LogP contribution < -0.4 is 5.32 Å². The Morgan fingerprint density at radius 3 is 2.41 bits per heavy atom. The minimum absolute atomic E-state index is 0.0326. The van der Waals surface area contributed by atoms with Gasteiger partial charge in [0, 0.05) is 20.1 Å². The fourth-order valence-corrected chi connectivity index (χ4v) is 5.16. The van der Waals surface area contributed by atoms with Gasteiger partial charge in [0.1, 0.15) is 18.0 Å². The summed E-state index contributed by atoms with van der Waals surface area (Å²) in [7, 11) is 1.67. The first-order valence-corrected chi connectivity index (χ1v) is 12.9. The van der Waals surface area contributed by atoms with Gasteiger partial charge in [0.25, 0.3) is 0 Å². The Morgan fingerprint density at radius 2 is 1.76 bits per heavy atom. The SMILES string of the molecule is CC(C)C[C@H]1C(=O)N(Cc2ccc(Cl)c(Cl)c2)C[C@H]2N1C(=O)CN(C)N2C(=O)NCc1ccc(F)cc1. The smallest absolute Gasteiger partial charge is 0.333 e. The molecule has 0 spiro atoms. The molecule has 0 radical (unpaired) electrons. The number of halogens is 3. The highest BCUT2D eigenvalue weighted by molar-refractivity contribution is 6.42. The Bertz CT molecular complexity index is 1180. The zero-order chi connectivity index (χ0) is 26.9. The monoisotopic (exact) mass is 549 g/mol. The Morgan fingerprint density at radius 1 is 1.08 bits per heavy atom. The van der Waals surface area contributed by atoms with Gasteiger partial charge in [0.15, 0.2) is 0 Å². The molecule has 2 aromatic rings. The quantitative estimate of drug-likeness (QED) is 0.588. The third-order valence-corrected chi connectivity index (χ3v) is 7.30. The van der Waals surface area contributed by atoms with E-state index in [2.05, 4.69) is 5.32 Å². The van der Waals surface area contributed by atoms with Crippen molar-refractivity contribution >= 4 is 41.0 Å². The van der Waals surface area contributed by atoms with E-state index in [4.69, 9.17) is 23.2 Å². The second-order valence-electron chi connectivity index (χ2n) is 9.84.